The Bertz CT molecular complexity index is 946. The van der Waals surface area contributed by atoms with Crippen LogP contribution in [0.1, 0.15) is 38.8 Å². The molecule has 1 aliphatic carbocycles. The van der Waals surface area contributed by atoms with Crippen LogP contribution in [0.4, 0.5) is 0 Å². The van der Waals surface area contributed by atoms with Gasteiger partial charge >= 0.3 is 0 Å². The van der Waals surface area contributed by atoms with Crippen LogP contribution >= 0.6 is 11.3 Å². The van der Waals surface area contributed by atoms with E-state index in [1.807, 2.05) is 25.1 Å². The van der Waals surface area contributed by atoms with Crippen molar-refractivity contribution < 1.29 is 9.53 Å². The van der Waals surface area contributed by atoms with E-state index in [2.05, 4.69) is 35.4 Å². The summed E-state index contributed by atoms with van der Waals surface area (Å²) in [6.45, 7) is 4.04. The molecular weight excluding hydrogens is 332 g/mol. The molecule has 128 valence electrons. The Balaban J connectivity index is 1.47. The van der Waals surface area contributed by atoms with Crippen molar-refractivity contribution >= 4 is 27.5 Å². The zero-order valence-electron chi connectivity index (χ0n) is 14.5. The summed E-state index contributed by atoms with van der Waals surface area (Å²) < 4.78 is 5.19. The number of aryl methyl sites for hydroxylation is 2. The van der Waals surface area contributed by atoms with Crippen molar-refractivity contribution in [1.29, 1.82) is 0 Å². The molecule has 4 rings (SSSR count). The molecule has 3 aromatic rings. The van der Waals surface area contributed by atoms with Gasteiger partial charge in [0.1, 0.15) is 10.6 Å². The van der Waals surface area contributed by atoms with Crippen LogP contribution < -0.4 is 10.1 Å². The van der Waals surface area contributed by atoms with Gasteiger partial charge in [-0.2, -0.15) is 0 Å². The van der Waals surface area contributed by atoms with Crippen LogP contribution in [0.25, 0.3) is 10.2 Å². The van der Waals surface area contributed by atoms with Crippen LogP contribution in [0.2, 0.25) is 0 Å². The Kier molecular flexibility index (Phi) is 3.96. The SMILES string of the molecule is COc1ccc(C2CC2NC(=O)c2cc3c(C)cc(C)nc3s2)cc1. The second-order valence-electron chi connectivity index (χ2n) is 6.61. The third-order valence-electron chi connectivity index (χ3n) is 4.72. The average molecular weight is 352 g/mol. The number of hydrogen-bond donors (Lipinski definition) is 1. The number of carbonyl (C=O) groups excluding carboxylic acids is 1. The zero-order chi connectivity index (χ0) is 17.6. The van der Waals surface area contributed by atoms with Gasteiger partial charge in [-0.3, -0.25) is 4.79 Å². The van der Waals surface area contributed by atoms with Gasteiger partial charge < -0.3 is 10.1 Å². The van der Waals surface area contributed by atoms with E-state index in [4.69, 9.17) is 4.74 Å². The minimum absolute atomic E-state index is 0.000986. The number of thiophene rings is 1. The lowest BCUT2D eigenvalue weighted by Crippen LogP contribution is -2.25. The molecule has 2 aromatic heterocycles. The maximum atomic E-state index is 12.6. The summed E-state index contributed by atoms with van der Waals surface area (Å²) in [4.78, 5) is 18.8. The summed E-state index contributed by atoms with van der Waals surface area (Å²) >= 11 is 1.47. The van der Waals surface area contributed by atoms with Crippen molar-refractivity contribution in [2.24, 2.45) is 0 Å². The first-order valence-electron chi connectivity index (χ1n) is 8.38. The molecule has 0 saturated heterocycles. The third kappa shape index (κ3) is 3.12. The van der Waals surface area contributed by atoms with Crippen LogP contribution in [0, 0.1) is 13.8 Å². The van der Waals surface area contributed by atoms with Gasteiger partial charge in [0.15, 0.2) is 0 Å². The second-order valence-corrected chi connectivity index (χ2v) is 7.64. The number of amides is 1. The number of ether oxygens (including phenoxy) is 1. The fourth-order valence-electron chi connectivity index (χ4n) is 3.26. The molecule has 1 fully saturated rings. The fraction of sp³-hybridized carbons (Fsp3) is 0.300. The van der Waals surface area contributed by atoms with Crippen molar-refractivity contribution in [3.8, 4) is 5.75 Å². The van der Waals surface area contributed by atoms with Gasteiger partial charge in [0.2, 0.25) is 0 Å². The molecule has 0 spiro atoms. The number of aromatic nitrogens is 1. The van der Waals surface area contributed by atoms with Gasteiger partial charge in [0.05, 0.1) is 12.0 Å². The molecule has 2 heterocycles. The summed E-state index contributed by atoms with van der Waals surface area (Å²) in [7, 11) is 1.66. The Hall–Kier alpha value is -2.40. The maximum Gasteiger partial charge on any atom is 0.261 e. The zero-order valence-corrected chi connectivity index (χ0v) is 15.3. The predicted octanol–water partition coefficient (Wildman–Crippen LogP) is 4.21. The highest BCUT2D eigenvalue weighted by atomic mass is 32.1. The standard InChI is InChI=1S/C20H20N2O2S/c1-11-8-12(2)21-20-15(11)10-18(25-20)19(23)22-17-9-16(17)13-4-6-14(24-3)7-5-13/h4-8,10,16-17H,9H2,1-3H3,(H,22,23). The number of nitrogens with one attached hydrogen (secondary N) is 1. The summed E-state index contributed by atoms with van der Waals surface area (Å²) in [5.41, 5.74) is 3.40. The van der Waals surface area contributed by atoms with E-state index >= 15 is 0 Å². The number of pyridine rings is 1. The first-order chi connectivity index (χ1) is 12.0. The molecule has 5 heteroatoms. The highest BCUT2D eigenvalue weighted by Crippen LogP contribution is 2.41. The van der Waals surface area contributed by atoms with Crippen molar-refractivity contribution in [3.63, 3.8) is 0 Å². The first kappa shape index (κ1) is 16.1. The van der Waals surface area contributed by atoms with E-state index in [1.54, 1.807) is 7.11 Å². The van der Waals surface area contributed by atoms with Crippen LogP contribution in [-0.4, -0.2) is 24.0 Å². The van der Waals surface area contributed by atoms with Gasteiger partial charge in [-0.25, -0.2) is 4.98 Å². The van der Waals surface area contributed by atoms with E-state index in [0.29, 0.717) is 5.92 Å². The van der Waals surface area contributed by atoms with Crippen LogP contribution in [0.5, 0.6) is 5.75 Å². The van der Waals surface area contributed by atoms with Gasteiger partial charge in [-0.15, -0.1) is 11.3 Å². The molecule has 2 unspecified atom stereocenters. The molecular formula is C20H20N2O2S. The molecule has 4 nitrogen and oxygen atoms in total. The lowest BCUT2D eigenvalue weighted by atomic mass is 10.1. The third-order valence-corrected chi connectivity index (χ3v) is 5.74. The molecule has 1 N–H and O–H groups in total. The lowest BCUT2D eigenvalue weighted by Gasteiger charge is -2.04. The highest BCUT2D eigenvalue weighted by molar-refractivity contribution is 7.20. The number of hydrogen-bond acceptors (Lipinski definition) is 4. The summed E-state index contributed by atoms with van der Waals surface area (Å²) in [6, 6.07) is 12.3. The van der Waals surface area contributed by atoms with Gasteiger partial charge in [0.25, 0.3) is 5.91 Å². The van der Waals surface area contributed by atoms with E-state index in [9.17, 15) is 4.79 Å². The van der Waals surface area contributed by atoms with Gasteiger partial charge in [-0.1, -0.05) is 12.1 Å². The summed E-state index contributed by atoms with van der Waals surface area (Å²) in [5, 5.41) is 4.23. The lowest BCUT2D eigenvalue weighted by molar-refractivity contribution is 0.0954. The molecule has 0 radical (unpaired) electrons. The van der Waals surface area contributed by atoms with Crippen molar-refractivity contribution in [1.82, 2.24) is 10.3 Å². The Morgan fingerprint density at radius 3 is 2.72 bits per heavy atom. The van der Waals surface area contributed by atoms with E-state index in [1.165, 1.54) is 22.5 Å². The number of benzene rings is 1. The molecule has 1 saturated carbocycles. The maximum absolute atomic E-state index is 12.6. The topological polar surface area (TPSA) is 51.2 Å². The molecule has 1 aliphatic rings. The molecule has 0 aliphatic heterocycles. The fourth-order valence-corrected chi connectivity index (χ4v) is 4.31. The Morgan fingerprint density at radius 1 is 1.24 bits per heavy atom. The van der Waals surface area contributed by atoms with Crippen molar-refractivity contribution in [2.75, 3.05) is 7.11 Å². The molecule has 2 atom stereocenters. The van der Waals surface area contributed by atoms with Gasteiger partial charge in [-0.05, 0) is 55.7 Å². The first-order valence-corrected chi connectivity index (χ1v) is 9.19. The number of rotatable bonds is 4. The Labute approximate surface area is 150 Å². The van der Waals surface area contributed by atoms with E-state index < -0.39 is 0 Å². The average Bonchev–Trinajstić information content (AvgIpc) is 3.21. The largest absolute Gasteiger partial charge is 0.497 e. The number of fused-ring (bicyclic) bond motifs is 1. The molecule has 0 bridgehead atoms. The van der Waals surface area contributed by atoms with Crippen LogP contribution in [0.3, 0.4) is 0 Å². The van der Waals surface area contributed by atoms with Crippen LogP contribution in [-0.2, 0) is 0 Å². The quantitative estimate of drug-likeness (QED) is 0.765. The van der Waals surface area contributed by atoms with Gasteiger partial charge in [0, 0.05) is 23.0 Å². The summed E-state index contributed by atoms with van der Waals surface area (Å²) in [6.07, 6.45) is 0.985. The normalized spacial score (nSPS) is 19.0. The summed E-state index contributed by atoms with van der Waals surface area (Å²) in [5.74, 6) is 1.25. The minimum atomic E-state index is 0.000986. The number of carbonyl (C=O) groups is 1. The number of methoxy groups -OCH3 is 1. The molecule has 25 heavy (non-hydrogen) atoms. The molecule has 1 amide bonds. The van der Waals surface area contributed by atoms with Crippen LogP contribution in [0.15, 0.2) is 36.4 Å². The van der Waals surface area contributed by atoms with Crippen molar-refractivity contribution in [2.45, 2.75) is 32.2 Å². The smallest absolute Gasteiger partial charge is 0.261 e. The monoisotopic (exact) mass is 352 g/mol. The minimum Gasteiger partial charge on any atom is -0.497 e. The number of nitrogens with zero attached hydrogens (tertiary/aromatic N) is 1. The van der Waals surface area contributed by atoms with E-state index in [0.717, 1.165) is 33.0 Å². The second kappa shape index (κ2) is 6.15. The van der Waals surface area contributed by atoms with Crippen molar-refractivity contribution in [3.05, 3.63) is 58.1 Å². The molecule has 1 aromatic carbocycles. The van der Waals surface area contributed by atoms with E-state index in [-0.39, 0.29) is 11.9 Å². The highest BCUT2D eigenvalue weighted by Gasteiger charge is 2.39. The Morgan fingerprint density at radius 2 is 2.00 bits per heavy atom. The predicted molar refractivity (Wildman–Crippen MR) is 101 cm³/mol.